The molecule has 21 heavy (non-hydrogen) atoms. The molecule has 2 saturated heterocycles. The maximum Gasteiger partial charge on any atom is 0.254 e. The largest absolute Gasteiger partial charge is 0.496 e. The number of hydrogen-bond acceptors (Lipinski definition) is 3. The predicted octanol–water partition coefficient (Wildman–Crippen LogP) is 2.07. The second-order valence-corrected chi connectivity index (χ2v) is 6.20. The van der Waals surface area contributed by atoms with Crippen molar-refractivity contribution in [3.05, 3.63) is 29.3 Å². The third-order valence-electron chi connectivity index (χ3n) is 5.05. The van der Waals surface area contributed by atoms with Crippen molar-refractivity contribution in [1.29, 1.82) is 0 Å². The fourth-order valence-corrected chi connectivity index (χ4v) is 3.90. The minimum absolute atomic E-state index is 0.148. The van der Waals surface area contributed by atoms with Crippen molar-refractivity contribution in [2.45, 2.75) is 26.3 Å². The van der Waals surface area contributed by atoms with E-state index in [0.29, 0.717) is 17.9 Å². The van der Waals surface area contributed by atoms with Gasteiger partial charge in [-0.1, -0.05) is 13.0 Å². The van der Waals surface area contributed by atoms with Crippen LogP contribution >= 0.6 is 0 Å². The molecule has 0 aromatic heterocycles. The molecule has 4 heteroatoms. The van der Waals surface area contributed by atoms with Crippen LogP contribution in [-0.2, 0) is 0 Å². The number of carbonyl (C=O) groups is 1. The Balaban J connectivity index is 1.85. The normalized spacial score (nSPS) is 27.8. The summed E-state index contributed by atoms with van der Waals surface area (Å²) in [5, 5.41) is 3.46. The van der Waals surface area contributed by atoms with Gasteiger partial charge in [0.05, 0.1) is 7.11 Å². The summed E-state index contributed by atoms with van der Waals surface area (Å²) < 4.78 is 5.35. The Bertz CT molecular complexity index is 544. The van der Waals surface area contributed by atoms with Gasteiger partial charge in [-0.25, -0.2) is 0 Å². The number of nitrogens with one attached hydrogen (secondary N) is 1. The number of likely N-dealkylation sites (tertiary alicyclic amines) is 1. The van der Waals surface area contributed by atoms with Crippen LogP contribution in [0.5, 0.6) is 5.75 Å². The quantitative estimate of drug-likeness (QED) is 0.926. The summed E-state index contributed by atoms with van der Waals surface area (Å²) in [6.45, 7) is 7.15. The van der Waals surface area contributed by atoms with Gasteiger partial charge in [0, 0.05) is 31.2 Å². The molecule has 2 aliphatic rings. The van der Waals surface area contributed by atoms with Gasteiger partial charge in [-0.05, 0) is 42.9 Å². The van der Waals surface area contributed by atoms with E-state index in [0.717, 1.165) is 42.9 Å². The molecule has 2 heterocycles. The molecule has 0 aliphatic carbocycles. The van der Waals surface area contributed by atoms with Crippen molar-refractivity contribution in [3.8, 4) is 5.75 Å². The van der Waals surface area contributed by atoms with Crippen molar-refractivity contribution in [1.82, 2.24) is 10.2 Å². The summed E-state index contributed by atoms with van der Waals surface area (Å²) in [5.74, 6) is 2.17. The molecule has 0 saturated carbocycles. The van der Waals surface area contributed by atoms with E-state index in [1.54, 1.807) is 7.11 Å². The molecule has 3 rings (SSSR count). The standard InChI is InChI=1S/C17H24N2O2/c1-4-15-14-9-18-8-13(14)10-19(15)17(20)12-6-5-11(2)16(7-12)21-3/h5-7,13-15,18H,4,8-10H2,1-3H3. The van der Waals surface area contributed by atoms with E-state index in [9.17, 15) is 4.79 Å². The van der Waals surface area contributed by atoms with E-state index in [-0.39, 0.29) is 5.91 Å². The van der Waals surface area contributed by atoms with Crippen LogP contribution in [0.25, 0.3) is 0 Å². The fourth-order valence-electron chi connectivity index (χ4n) is 3.90. The minimum atomic E-state index is 0.148. The van der Waals surface area contributed by atoms with Crippen molar-refractivity contribution in [2.75, 3.05) is 26.7 Å². The number of rotatable bonds is 3. The van der Waals surface area contributed by atoms with Crippen molar-refractivity contribution in [2.24, 2.45) is 11.8 Å². The van der Waals surface area contributed by atoms with Gasteiger partial charge in [0.1, 0.15) is 5.75 Å². The highest BCUT2D eigenvalue weighted by molar-refractivity contribution is 5.95. The second kappa shape index (κ2) is 5.68. The molecule has 4 nitrogen and oxygen atoms in total. The van der Waals surface area contributed by atoms with Crippen LogP contribution in [0.3, 0.4) is 0 Å². The molecule has 1 aromatic rings. The first-order chi connectivity index (χ1) is 10.2. The molecule has 0 spiro atoms. The third-order valence-corrected chi connectivity index (χ3v) is 5.05. The molecular formula is C17H24N2O2. The number of benzene rings is 1. The zero-order valence-electron chi connectivity index (χ0n) is 13.1. The van der Waals surface area contributed by atoms with Crippen LogP contribution in [0.1, 0.15) is 29.3 Å². The van der Waals surface area contributed by atoms with Gasteiger partial charge in [0.2, 0.25) is 0 Å². The van der Waals surface area contributed by atoms with Gasteiger partial charge in [0.25, 0.3) is 5.91 Å². The highest BCUT2D eigenvalue weighted by atomic mass is 16.5. The lowest BCUT2D eigenvalue weighted by molar-refractivity contribution is 0.0711. The molecule has 1 N–H and O–H groups in total. The van der Waals surface area contributed by atoms with Crippen molar-refractivity contribution >= 4 is 5.91 Å². The van der Waals surface area contributed by atoms with E-state index in [2.05, 4.69) is 17.1 Å². The van der Waals surface area contributed by atoms with Crippen LogP contribution in [0.4, 0.5) is 0 Å². The van der Waals surface area contributed by atoms with Gasteiger partial charge >= 0.3 is 0 Å². The summed E-state index contributed by atoms with van der Waals surface area (Å²) in [7, 11) is 1.65. The van der Waals surface area contributed by atoms with Crippen LogP contribution in [0.15, 0.2) is 18.2 Å². The fraction of sp³-hybridized carbons (Fsp3) is 0.588. The van der Waals surface area contributed by atoms with Crippen LogP contribution in [-0.4, -0.2) is 43.6 Å². The Kier molecular flexibility index (Phi) is 3.89. The van der Waals surface area contributed by atoms with E-state index in [4.69, 9.17) is 4.74 Å². The lowest BCUT2D eigenvalue weighted by Gasteiger charge is -2.27. The lowest BCUT2D eigenvalue weighted by Crippen LogP contribution is -2.39. The highest BCUT2D eigenvalue weighted by Crippen LogP contribution is 2.35. The maximum atomic E-state index is 12.9. The molecule has 2 fully saturated rings. The molecule has 3 atom stereocenters. The first-order valence-corrected chi connectivity index (χ1v) is 7.82. The van der Waals surface area contributed by atoms with Gasteiger partial charge in [-0.2, -0.15) is 0 Å². The van der Waals surface area contributed by atoms with Gasteiger partial charge in [-0.15, -0.1) is 0 Å². The smallest absolute Gasteiger partial charge is 0.254 e. The number of methoxy groups -OCH3 is 1. The zero-order chi connectivity index (χ0) is 15.0. The molecule has 1 aromatic carbocycles. The number of amides is 1. The Labute approximate surface area is 126 Å². The van der Waals surface area contributed by atoms with E-state index in [1.165, 1.54) is 0 Å². The lowest BCUT2D eigenvalue weighted by atomic mass is 9.93. The van der Waals surface area contributed by atoms with E-state index in [1.807, 2.05) is 25.1 Å². The number of hydrogen-bond donors (Lipinski definition) is 1. The number of aryl methyl sites for hydroxylation is 1. The topological polar surface area (TPSA) is 41.6 Å². The minimum Gasteiger partial charge on any atom is -0.496 e. The molecule has 2 aliphatic heterocycles. The number of fused-ring (bicyclic) bond motifs is 1. The SMILES string of the molecule is CCC1C2CNCC2CN1C(=O)c1ccc(C)c(OC)c1. The molecule has 1 amide bonds. The maximum absolute atomic E-state index is 12.9. The molecule has 0 radical (unpaired) electrons. The molecule has 0 bridgehead atoms. The Morgan fingerprint density at radius 3 is 2.95 bits per heavy atom. The van der Waals surface area contributed by atoms with Gasteiger partial charge < -0.3 is 15.0 Å². The number of ether oxygens (including phenoxy) is 1. The van der Waals surface area contributed by atoms with Gasteiger partial charge in [-0.3, -0.25) is 4.79 Å². The predicted molar refractivity (Wildman–Crippen MR) is 82.7 cm³/mol. The van der Waals surface area contributed by atoms with E-state index < -0.39 is 0 Å². The summed E-state index contributed by atoms with van der Waals surface area (Å²) in [5.41, 5.74) is 1.80. The number of nitrogens with zero attached hydrogens (tertiary/aromatic N) is 1. The van der Waals surface area contributed by atoms with Crippen molar-refractivity contribution in [3.63, 3.8) is 0 Å². The first-order valence-electron chi connectivity index (χ1n) is 7.82. The van der Waals surface area contributed by atoms with Crippen LogP contribution < -0.4 is 10.1 Å². The average molecular weight is 288 g/mol. The van der Waals surface area contributed by atoms with Crippen molar-refractivity contribution < 1.29 is 9.53 Å². The first kappa shape index (κ1) is 14.4. The molecule has 114 valence electrons. The van der Waals surface area contributed by atoms with E-state index >= 15 is 0 Å². The van der Waals surface area contributed by atoms with Gasteiger partial charge in [0.15, 0.2) is 0 Å². The van der Waals surface area contributed by atoms with Crippen LogP contribution in [0.2, 0.25) is 0 Å². The second-order valence-electron chi connectivity index (χ2n) is 6.20. The van der Waals surface area contributed by atoms with Crippen LogP contribution in [0, 0.1) is 18.8 Å². The average Bonchev–Trinajstić information content (AvgIpc) is 3.07. The summed E-state index contributed by atoms with van der Waals surface area (Å²) in [6.07, 6.45) is 1.03. The third kappa shape index (κ3) is 2.42. The number of carbonyl (C=O) groups excluding carboxylic acids is 1. The molecular weight excluding hydrogens is 264 g/mol. The molecule has 3 unspecified atom stereocenters. The summed E-state index contributed by atoms with van der Waals surface area (Å²) in [4.78, 5) is 15.0. The highest BCUT2D eigenvalue weighted by Gasteiger charge is 2.45. The Morgan fingerprint density at radius 1 is 1.43 bits per heavy atom. The Morgan fingerprint density at radius 2 is 2.24 bits per heavy atom. The Hall–Kier alpha value is -1.55. The summed E-state index contributed by atoms with van der Waals surface area (Å²) in [6, 6.07) is 6.12. The monoisotopic (exact) mass is 288 g/mol. The zero-order valence-corrected chi connectivity index (χ0v) is 13.1. The summed E-state index contributed by atoms with van der Waals surface area (Å²) >= 11 is 0.